The summed E-state index contributed by atoms with van der Waals surface area (Å²) in [4.78, 5) is 6.71. The monoisotopic (exact) mass is 262 g/mol. The number of nitrogens with two attached hydrogens (primary N) is 1. The molecule has 0 amide bonds. The zero-order chi connectivity index (χ0) is 14.0. The zero-order valence-electron chi connectivity index (χ0n) is 11.8. The molecule has 0 radical (unpaired) electrons. The molecule has 5 nitrogen and oxygen atoms in total. The first-order valence-corrected chi connectivity index (χ1v) is 6.74. The third kappa shape index (κ3) is 2.97. The number of rotatable bonds is 5. The molecular weight excluding hydrogens is 240 g/mol. The van der Waals surface area contributed by atoms with Crippen molar-refractivity contribution in [2.75, 3.05) is 11.4 Å². The highest BCUT2D eigenvalue weighted by Gasteiger charge is 2.28. The Morgan fingerprint density at radius 1 is 1.58 bits per heavy atom. The van der Waals surface area contributed by atoms with Crippen molar-refractivity contribution in [3.63, 3.8) is 0 Å². The quantitative estimate of drug-likeness (QED) is 0.369. The first-order chi connectivity index (χ1) is 9.04. The summed E-state index contributed by atoms with van der Waals surface area (Å²) in [5, 5.41) is 12.1. The van der Waals surface area contributed by atoms with Crippen molar-refractivity contribution in [3.8, 4) is 0 Å². The number of amidine groups is 1. The SMILES string of the molecule is Cc1ccnc(N(CC2CC2)C(C)C)c1/C(N)=N/O. The van der Waals surface area contributed by atoms with Gasteiger partial charge in [0.2, 0.25) is 0 Å². The first-order valence-electron chi connectivity index (χ1n) is 6.74. The molecule has 1 saturated carbocycles. The van der Waals surface area contributed by atoms with Crippen molar-refractivity contribution >= 4 is 11.7 Å². The van der Waals surface area contributed by atoms with E-state index in [4.69, 9.17) is 10.9 Å². The van der Waals surface area contributed by atoms with Crippen molar-refractivity contribution in [2.24, 2.45) is 16.8 Å². The molecule has 0 aromatic carbocycles. The molecular formula is C14H22N4O. The fourth-order valence-electron chi connectivity index (χ4n) is 2.25. The van der Waals surface area contributed by atoms with Gasteiger partial charge in [0.15, 0.2) is 5.84 Å². The van der Waals surface area contributed by atoms with Crippen molar-refractivity contribution in [1.82, 2.24) is 4.98 Å². The van der Waals surface area contributed by atoms with Gasteiger partial charge in [0.25, 0.3) is 0 Å². The number of hydrogen-bond acceptors (Lipinski definition) is 4. The lowest BCUT2D eigenvalue weighted by atomic mass is 10.1. The Morgan fingerprint density at radius 3 is 2.79 bits per heavy atom. The molecule has 19 heavy (non-hydrogen) atoms. The minimum atomic E-state index is 0.127. The van der Waals surface area contributed by atoms with Crippen molar-refractivity contribution < 1.29 is 5.21 Å². The average Bonchev–Trinajstić information content (AvgIpc) is 3.18. The molecule has 0 spiro atoms. The van der Waals surface area contributed by atoms with E-state index in [1.807, 2.05) is 13.0 Å². The lowest BCUT2D eigenvalue weighted by Gasteiger charge is -2.30. The third-order valence-electron chi connectivity index (χ3n) is 3.55. The maximum Gasteiger partial charge on any atom is 0.174 e. The molecule has 1 aliphatic carbocycles. The number of nitrogens with zero attached hydrogens (tertiary/aromatic N) is 3. The number of pyridine rings is 1. The minimum Gasteiger partial charge on any atom is -0.409 e. The van der Waals surface area contributed by atoms with Crippen LogP contribution in [0.15, 0.2) is 17.4 Å². The fourth-order valence-corrected chi connectivity index (χ4v) is 2.25. The summed E-state index contributed by atoms with van der Waals surface area (Å²) >= 11 is 0. The molecule has 5 heteroatoms. The summed E-state index contributed by atoms with van der Waals surface area (Å²) in [6.07, 6.45) is 4.35. The van der Waals surface area contributed by atoms with Crippen LogP contribution in [0.25, 0.3) is 0 Å². The second-order valence-electron chi connectivity index (χ2n) is 5.50. The van der Waals surface area contributed by atoms with Gasteiger partial charge in [0.1, 0.15) is 5.82 Å². The lowest BCUT2D eigenvalue weighted by molar-refractivity contribution is 0.318. The summed E-state index contributed by atoms with van der Waals surface area (Å²) < 4.78 is 0. The molecule has 3 N–H and O–H groups in total. The van der Waals surface area contributed by atoms with Gasteiger partial charge in [0.05, 0.1) is 5.56 Å². The van der Waals surface area contributed by atoms with Gasteiger partial charge >= 0.3 is 0 Å². The zero-order valence-corrected chi connectivity index (χ0v) is 11.8. The second-order valence-corrected chi connectivity index (χ2v) is 5.50. The Bertz CT molecular complexity index is 480. The number of anilines is 1. The van der Waals surface area contributed by atoms with Crippen LogP contribution < -0.4 is 10.6 Å². The molecule has 1 fully saturated rings. The van der Waals surface area contributed by atoms with Gasteiger partial charge in [0, 0.05) is 18.8 Å². The Labute approximate surface area is 114 Å². The molecule has 1 aliphatic rings. The van der Waals surface area contributed by atoms with Crippen molar-refractivity contribution in [3.05, 3.63) is 23.4 Å². The van der Waals surface area contributed by atoms with Crippen LogP contribution in [0.2, 0.25) is 0 Å². The minimum absolute atomic E-state index is 0.127. The van der Waals surface area contributed by atoms with E-state index in [0.717, 1.165) is 29.4 Å². The third-order valence-corrected chi connectivity index (χ3v) is 3.55. The number of aryl methyl sites for hydroxylation is 1. The van der Waals surface area contributed by atoms with Gasteiger partial charge in [-0.05, 0) is 51.2 Å². The fraction of sp³-hybridized carbons (Fsp3) is 0.571. The standard InChI is InChI=1S/C14H22N4O/c1-9(2)18(8-11-4-5-11)14-12(13(15)17-19)10(3)6-7-16-14/h6-7,9,11,19H,4-5,8H2,1-3H3,(H2,15,17). The molecule has 1 heterocycles. The van der Waals surface area contributed by atoms with Gasteiger partial charge in [-0.3, -0.25) is 0 Å². The molecule has 0 bridgehead atoms. The van der Waals surface area contributed by atoms with Crippen LogP contribution in [0.4, 0.5) is 5.82 Å². The van der Waals surface area contributed by atoms with Crippen LogP contribution in [0.3, 0.4) is 0 Å². The van der Waals surface area contributed by atoms with E-state index >= 15 is 0 Å². The van der Waals surface area contributed by atoms with Crippen LogP contribution in [0.5, 0.6) is 0 Å². The van der Waals surface area contributed by atoms with Crippen LogP contribution in [-0.2, 0) is 0 Å². The highest BCUT2D eigenvalue weighted by atomic mass is 16.4. The van der Waals surface area contributed by atoms with E-state index in [1.54, 1.807) is 6.20 Å². The number of hydrogen-bond donors (Lipinski definition) is 2. The van der Waals surface area contributed by atoms with E-state index in [-0.39, 0.29) is 5.84 Å². The maximum absolute atomic E-state index is 8.97. The van der Waals surface area contributed by atoms with Gasteiger partial charge in [-0.1, -0.05) is 5.16 Å². The summed E-state index contributed by atoms with van der Waals surface area (Å²) in [5.74, 6) is 1.70. The van der Waals surface area contributed by atoms with E-state index in [1.165, 1.54) is 12.8 Å². The number of oxime groups is 1. The summed E-state index contributed by atoms with van der Waals surface area (Å²) in [6, 6.07) is 2.21. The van der Waals surface area contributed by atoms with Crippen molar-refractivity contribution in [1.29, 1.82) is 0 Å². The van der Waals surface area contributed by atoms with E-state index in [9.17, 15) is 0 Å². The Balaban J connectivity index is 2.43. The lowest BCUT2D eigenvalue weighted by Crippen LogP contribution is -2.35. The summed E-state index contributed by atoms with van der Waals surface area (Å²) in [7, 11) is 0. The molecule has 0 atom stereocenters. The van der Waals surface area contributed by atoms with Gasteiger partial charge in [-0.2, -0.15) is 0 Å². The predicted octanol–water partition coefficient (Wildman–Crippen LogP) is 2.11. The van der Waals surface area contributed by atoms with E-state index in [2.05, 4.69) is 28.9 Å². The molecule has 0 unspecified atom stereocenters. The smallest absolute Gasteiger partial charge is 0.174 e. The predicted molar refractivity (Wildman–Crippen MR) is 76.7 cm³/mol. The van der Waals surface area contributed by atoms with Crippen LogP contribution in [-0.4, -0.2) is 28.6 Å². The van der Waals surface area contributed by atoms with E-state index in [0.29, 0.717) is 6.04 Å². The summed E-state index contributed by atoms with van der Waals surface area (Å²) in [5.41, 5.74) is 7.52. The maximum atomic E-state index is 8.97. The Hall–Kier alpha value is -1.78. The van der Waals surface area contributed by atoms with Gasteiger partial charge in [-0.15, -0.1) is 0 Å². The molecule has 1 aromatic heterocycles. The normalized spacial score (nSPS) is 15.9. The van der Waals surface area contributed by atoms with Crippen molar-refractivity contribution in [2.45, 2.75) is 39.7 Å². The van der Waals surface area contributed by atoms with Gasteiger partial charge < -0.3 is 15.8 Å². The molecule has 104 valence electrons. The van der Waals surface area contributed by atoms with Crippen LogP contribution >= 0.6 is 0 Å². The molecule has 1 aromatic rings. The molecule has 2 rings (SSSR count). The molecule has 0 saturated heterocycles. The largest absolute Gasteiger partial charge is 0.409 e. The highest BCUT2D eigenvalue weighted by Crippen LogP contribution is 2.33. The number of aromatic nitrogens is 1. The Kier molecular flexibility index (Phi) is 3.93. The second kappa shape index (κ2) is 5.47. The van der Waals surface area contributed by atoms with Crippen LogP contribution in [0, 0.1) is 12.8 Å². The molecule has 0 aliphatic heterocycles. The van der Waals surface area contributed by atoms with E-state index < -0.39 is 0 Å². The Morgan fingerprint density at radius 2 is 2.26 bits per heavy atom. The topological polar surface area (TPSA) is 74.7 Å². The average molecular weight is 262 g/mol. The van der Waals surface area contributed by atoms with Crippen LogP contribution in [0.1, 0.15) is 37.8 Å². The highest BCUT2D eigenvalue weighted by molar-refractivity contribution is 6.02. The summed E-state index contributed by atoms with van der Waals surface area (Å²) in [6.45, 7) is 7.22. The van der Waals surface area contributed by atoms with Gasteiger partial charge in [-0.25, -0.2) is 4.98 Å². The first kappa shape index (κ1) is 13.6.